The Morgan fingerprint density at radius 1 is 1.38 bits per heavy atom. The highest BCUT2D eigenvalue weighted by atomic mass is 35.5. The monoisotopic (exact) mass is 261 g/mol. The second kappa shape index (κ2) is 5.71. The van der Waals surface area contributed by atoms with Crippen molar-refractivity contribution in [3.05, 3.63) is 22.3 Å². The van der Waals surface area contributed by atoms with E-state index in [1.54, 1.807) is 12.3 Å². The van der Waals surface area contributed by atoms with Gasteiger partial charge in [-0.3, -0.25) is 0 Å². The van der Waals surface area contributed by atoms with Crippen LogP contribution in [-0.2, 0) is 0 Å². The summed E-state index contributed by atoms with van der Waals surface area (Å²) >= 11 is 11.8. The summed E-state index contributed by atoms with van der Waals surface area (Å²) in [5.41, 5.74) is 5.65. The molecule has 1 aromatic rings. The third-order valence-corrected chi connectivity index (χ3v) is 3.43. The average molecular weight is 262 g/mol. The van der Waals surface area contributed by atoms with Crippen LogP contribution in [0.3, 0.4) is 0 Å². The second-order valence-electron chi connectivity index (χ2n) is 3.80. The first-order chi connectivity index (χ1) is 7.56. The lowest BCUT2D eigenvalue weighted by Gasteiger charge is -2.32. The molecule has 16 heavy (non-hydrogen) atoms. The molecule has 0 spiro atoms. The summed E-state index contributed by atoms with van der Waals surface area (Å²) in [6.45, 7) is 4.72. The van der Waals surface area contributed by atoms with Crippen LogP contribution in [0.25, 0.3) is 0 Å². The maximum atomic E-state index is 6.06. The Balaban J connectivity index is 2.93. The highest BCUT2D eigenvalue weighted by Gasteiger charge is 2.25. The van der Waals surface area contributed by atoms with Crippen molar-refractivity contribution >= 4 is 29.0 Å². The van der Waals surface area contributed by atoms with Crippen molar-refractivity contribution in [1.82, 2.24) is 4.98 Å². The van der Waals surface area contributed by atoms with Gasteiger partial charge in [0.15, 0.2) is 0 Å². The zero-order valence-electron chi connectivity index (χ0n) is 9.56. The zero-order valence-corrected chi connectivity index (χ0v) is 11.1. The van der Waals surface area contributed by atoms with Crippen molar-refractivity contribution in [3.8, 4) is 0 Å². The molecular weight excluding hydrogens is 245 g/mol. The van der Waals surface area contributed by atoms with Crippen LogP contribution < -0.4 is 11.1 Å². The minimum absolute atomic E-state index is 0.148. The van der Waals surface area contributed by atoms with Crippen LogP contribution in [0.1, 0.15) is 26.7 Å². The molecule has 1 rings (SSSR count). The van der Waals surface area contributed by atoms with E-state index in [1.807, 2.05) is 0 Å². The summed E-state index contributed by atoms with van der Waals surface area (Å²) in [5.74, 6) is 0.639. The molecular formula is C11H17Cl2N3. The lowest BCUT2D eigenvalue weighted by molar-refractivity contribution is 0.444. The summed E-state index contributed by atoms with van der Waals surface area (Å²) in [5, 5.41) is 4.36. The zero-order chi connectivity index (χ0) is 12.2. The number of pyridine rings is 1. The third kappa shape index (κ3) is 3.00. The Morgan fingerprint density at radius 3 is 2.44 bits per heavy atom. The van der Waals surface area contributed by atoms with Gasteiger partial charge in [0.25, 0.3) is 0 Å². The summed E-state index contributed by atoms with van der Waals surface area (Å²) in [6, 6.07) is 1.67. The SMILES string of the molecule is CCC(CC)(CN)Nc1ncc(Cl)cc1Cl. The van der Waals surface area contributed by atoms with Gasteiger partial charge in [0.1, 0.15) is 5.82 Å². The maximum Gasteiger partial charge on any atom is 0.145 e. The van der Waals surface area contributed by atoms with Crippen LogP contribution in [-0.4, -0.2) is 17.1 Å². The molecule has 0 aliphatic carbocycles. The molecule has 0 unspecified atom stereocenters. The van der Waals surface area contributed by atoms with E-state index < -0.39 is 0 Å². The van der Waals surface area contributed by atoms with Crippen molar-refractivity contribution in [2.75, 3.05) is 11.9 Å². The van der Waals surface area contributed by atoms with E-state index in [1.165, 1.54) is 0 Å². The molecule has 1 heterocycles. The van der Waals surface area contributed by atoms with Gasteiger partial charge in [0.05, 0.1) is 15.6 Å². The Hall–Kier alpha value is -0.510. The largest absolute Gasteiger partial charge is 0.362 e. The lowest BCUT2D eigenvalue weighted by Crippen LogP contribution is -2.44. The summed E-state index contributed by atoms with van der Waals surface area (Å²) in [6.07, 6.45) is 3.41. The van der Waals surface area contributed by atoms with Crippen molar-refractivity contribution in [2.24, 2.45) is 5.73 Å². The molecule has 90 valence electrons. The van der Waals surface area contributed by atoms with Crippen molar-refractivity contribution in [2.45, 2.75) is 32.2 Å². The van der Waals surface area contributed by atoms with Gasteiger partial charge in [-0.2, -0.15) is 0 Å². The predicted octanol–water partition coefficient (Wildman–Crippen LogP) is 3.32. The molecule has 0 aromatic carbocycles. The molecule has 0 aliphatic heterocycles. The Kier molecular flexibility index (Phi) is 4.84. The van der Waals surface area contributed by atoms with Crippen LogP contribution >= 0.6 is 23.2 Å². The summed E-state index contributed by atoms with van der Waals surface area (Å²) in [4.78, 5) is 4.18. The fourth-order valence-electron chi connectivity index (χ4n) is 1.52. The minimum atomic E-state index is -0.148. The van der Waals surface area contributed by atoms with Gasteiger partial charge in [0.2, 0.25) is 0 Å². The molecule has 5 heteroatoms. The van der Waals surface area contributed by atoms with E-state index in [0.717, 1.165) is 12.8 Å². The summed E-state index contributed by atoms with van der Waals surface area (Å²) < 4.78 is 0. The molecule has 3 N–H and O–H groups in total. The molecule has 0 aliphatic rings. The summed E-state index contributed by atoms with van der Waals surface area (Å²) in [7, 11) is 0. The Morgan fingerprint density at radius 2 is 2.00 bits per heavy atom. The van der Waals surface area contributed by atoms with E-state index in [2.05, 4.69) is 24.1 Å². The van der Waals surface area contributed by atoms with Crippen molar-refractivity contribution in [3.63, 3.8) is 0 Å². The molecule has 0 radical (unpaired) electrons. The van der Waals surface area contributed by atoms with Crippen LogP contribution in [0.15, 0.2) is 12.3 Å². The number of halogens is 2. The maximum absolute atomic E-state index is 6.06. The average Bonchev–Trinajstić information content (AvgIpc) is 2.29. The van der Waals surface area contributed by atoms with Gasteiger partial charge in [-0.25, -0.2) is 4.98 Å². The first-order valence-electron chi connectivity index (χ1n) is 5.36. The van der Waals surface area contributed by atoms with E-state index in [0.29, 0.717) is 22.4 Å². The number of rotatable bonds is 5. The topological polar surface area (TPSA) is 50.9 Å². The standard InChI is InChI=1S/C11H17Cl2N3/c1-3-11(4-2,7-14)16-10-9(13)5-8(12)6-15-10/h5-6H,3-4,7,14H2,1-2H3,(H,15,16). The first kappa shape index (κ1) is 13.6. The minimum Gasteiger partial charge on any atom is -0.362 e. The highest BCUT2D eigenvalue weighted by Crippen LogP contribution is 2.27. The van der Waals surface area contributed by atoms with Crippen molar-refractivity contribution < 1.29 is 0 Å². The number of hydrogen-bond donors (Lipinski definition) is 2. The van der Waals surface area contributed by atoms with Gasteiger partial charge < -0.3 is 11.1 Å². The van der Waals surface area contributed by atoms with E-state index in [4.69, 9.17) is 28.9 Å². The fourth-order valence-corrected chi connectivity index (χ4v) is 1.95. The van der Waals surface area contributed by atoms with E-state index >= 15 is 0 Å². The van der Waals surface area contributed by atoms with Gasteiger partial charge in [-0.1, -0.05) is 37.0 Å². The van der Waals surface area contributed by atoms with Gasteiger partial charge in [-0.05, 0) is 18.9 Å². The number of anilines is 1. The molecule has 0 bridgehead atoms. The highest BCUT2D eigenvalue weighted by molar-refractivity contribution is 6.35. The normalized spacial score (nSPS) is 11.6. The predicted molar refractivity (Wildman–Crippen MR) is 70.2 cm³/mol. The Bertz CT molecular complexity index is 343. The third-order valence-electron chi connectivity index (χ3n) is 2.94. The molecule has 0 saturated carbocycles. The number of nitrogens with zero attached hydrogens (tertiary/aromatic N) is 1. The molecule has 3 nitrogen and oxygen atoms in total. The smallest absolute Gasteiger partial charge is 0.145 e. The fraction of sp³-hybridized carbons (Fsp3) is 0.545. The number of aromatic nitrogens is 1. The quantitative estimate of drug-likeness (QED) is 0.855. The van der Waals surface area contributed by atoms with Crippen molar-refractivity contribution in [1.29, 1.82) is 0 Å². The molecule has 1 aromatic heterocycles. The molecule has 0 saturated heterocycles. The number of nitrogens with one attached hydrogen (secondary N) is 1. The van der Waals surface area contributed by atoms with Crippen LogP contribution in [0.2, 0.25) is 10.0 Å². The van der Waals surface area contributed by atoms with Crippen LogP contribution in [0.4, 0.5) is 5.82 Å². The Labute approximate surface area is 106 Å². The van der Waals surface area contributed by atoms with Gasteiger partial charge in [-0.15, -0.1) is 0 Å². The molecule has 0 atom stereocenters. The molecule has 0 fully saturated rings. The lowest BCUT2D eigenvalue weighted by atomic mass is 9.93. The van der Waals surface area contributed by atoms with Crippen LogP contribution in [0, 0.1) is 0 Å². The number of nitrogens with two attached hydrogens (primary N) is 1. The molecule has 0 amide bonds. The second-order valence-corrected chi connectivity index (χ2v) is 4.64. The van der Waals surface area contributed by atoms with Gasteiger partial charge in [0, 0.05) is 12.7 Å². The number of hydrogen-bond acceptors (Lipinski definition) is 3. The van der Waals surface area contributed by atoms with Gasteiger partial charge >= 0.3 is 0 Å². The first-order valence-corrected chi connectivity index (χ1v) is 6.11. The van der Waals surface area contributed by atoms with E-state index in [9.17, 15) is 0 Å². The van der Waals surface area contributed by atoms with Crippen LogP contribution in [0.5, 0.6) is 0 Å². The van der Waals surface area contributed by atoms with E-state index in [-0.39, 0.29) is 5.54 Å².